The van der Waals surface area contributed by atoms with Crippen LogP contribution in [0.2, 0.25) is 0 Å². The van der Waals surface area contributed by atoms with Crippen molar-refractivity contribution in [1.29, 1.82) is 0 Å². The largest absolute Gasteiger partial charge is 0.468 e. The summed E-state index contributed by atoms with van der Waals surface area (Å²) >= 11 is 0. The predicted octanol–water partition coefficient (Wildman–Crippen LogP) is 1.28. The van der Waals surface area contributed by atoms with Crippen molar-refractivity contribution in [2.24, 2.45) is 10.8 Å². The van der Waals surface area contributed by atoms with E-state index in [4.69, 9.17) is 9.47 Å². The summed E-state index contributed by atoms with van der Waals surface area (Å²) < 4.78 is 9.49. The highest BCUT2D eigenvalue weighted by atomic mass is 16.5. The molecular weight excluding hydrogens is 196 g/mol. The van der Waals surface area contributed by atoms with Crippen LogP contribution in [0.15, 0.2) is 0 Å². The van der Waals surface area contributed by atoms with Crippen LogP contribution >= 0.6 is 0 Å². The van der Waals surface area contributed by atoms with E-state index in [-0.39, 0.29) is 5.41 Å². The van der Waals surface area contributed by atoms with Gasteiger partial charge in [0.25, 0.3) is 0 Å². The van der Waals surface area contributed by atoms with Gasteiger partial charge < -0.3 is 9.47 Å². The number of carbonyl (C=O) groups excluding carboxylic acids is 2. The average molecular weight is 212 g/mol. The number of methoxy groups -OCH3 is 2. The number of esters is 2. The molecule has 0 unspecified atom stereocenters. The maximum atomic E-state index is 11.7. The van der Waals surface area contributed by atoms with Gasteiger partial charge in [0.1, 0.15) is 0 Å². The molecule has 2 fully saturated rings. The molecule has 0 aliphatic heterocycles. The summed E-state index contributed by atoms with van der Waals surface area (Å²) in [5.74, 6) is -0.840. The molecule has 2 rings (SSSR count). The Morgan fingerprint density at radius 2 is 1.47 bits per heavy atom. The minimum atomic E-state index is -0.979. The predicted molar refractivity (Wildman–Crippen MR) is 52.0 cm³/mol. The lowest BCUT2D eigenvalue weighted by atomic mass is 9.91. The van der Waals surface area contributed by atoms with Crippen LogP contribution in [-0.2, 0) is 19.1 Å². The molecule has 84 valence electrons. The Hall–Kier alpha value is -1.06. The summed E-state index contributed by atoms with van der Waals surface area (Å²) in [6, 6.07) is 0. The van der Waals surface area contributed by atoms with Crippen molar-refractivity contribution in [2.75, 3.05) is 14.2 Å². The van der Waals surface area contributed by atoms with Crippen molar-refractivity contribution in [1.82, 2.24) is 0 Å². The molecule has 2 aliphatic carbocycles. The standard InChI is InChI=1S/C11H16O4/c1-14-8(12)11(9(13)15-2)7-10(11)5-3-4-6-10/h3-7H2,1-2H3. The molecule has 1 spiro atoms. The van der Waals surface area contributed by atoms with Gasteiger partial charge in [0.15, 0.2) is 5.41 Å². The monoisotopic (exact) mass is 212 g/mol. The van der Waals surface area contributed by atoms with Crippen LogP contribution in [-0.4, -0.2) is 26.2 Å². The molecule has 4 heteroatoms. The zero-order valence-electron chi connectivity index (χ0n) is 9.17. The van der Waals surface area contributed by atoms with E-state index in [2.05, 4.69) is 0 Å². The first kappa shape index (κ1) is 10.5. The smallest absolute Gasteiger partial charge is 0.323 e. The van der Waals surface area contributed by atoms with Gasteiger partial charge >= 0.3 is 11.9 Å². The first-order valence-corrected chi connectivity index (χ1v) is 5.30. The third-order valence-corrected chi connectivity index (χ3v) is 4.01. The molecule has 0 aromatic carbocycles. The van der Waals surface area contributed by atoms with Crippen LogP contribution in [0.5, 0.6) is 0 Å². The van der Waals surface area contributed by atoms with Crippen molar-refractivity contribution in [3.63, 3.8) is 0 Å². The van der Waals surface area contributed by atoms with E-state index in [1.165, 1.54) is 14.2 Å². The summed E-state index contributed by atoms with van der Waals surface area (Å²) in [7, 11) is 2.65. The SMILES string of the molecule is COC(=O)C1(C(=O)OC)CC12CCCC2. The Morgan fingerprint density at radius 3 is 1.87 bits per heavy atom. The quantitative estimate of drug-likeness (QED) is 0.511. The zero-order chi connectivity index (χ0) is 11.1. The summed E-state index contributed by atoms with van der Waals surface area (Å²) in [5, 5.41) is 0. The van der Waals surface area contributed by atoms with Gasteiger partial charge in [-0.25, -0.2) is 0 Å². The minimum Gasteiger partial charge on any atom is -0.468 e. The van der Waals surface area contributed by atoms with Crippen LogP contribution in [0.4, 0.5) is 0 Å². The Morgan fingerprint density at radius 1 is 1.00 bits per heavy atom. The van der Waals surface area contributed by atoms with Crippen LogP contribution < -0.4 is 0 Å². The van der Waals surface area contributed by atoms with Crippen molar-refractivity contribution in [3.05, 3.63) is 0 Å². The molecule has 0 saturated heterocycles. The van der Waals surface area contributed by atoms with Crippen LogP contribution in [0.1, 0.15) is 32.1 Å². The lowest BCUT2D eigenvalue weighted by molar-refractivity contribution is -0.163. The molecule has 0 N–H and O–H groups in total. The fourth-order valence-electron chi connectivity index (χ4n) is 3.13. The van der Waals surface area contributed by atoms with Gasteiger partial charge in [-0.3, -0.25) is 9.59 Å². The molecule has 0 bridgehead atoms. The highest BCUT2D eigenvalue weighted by Crippen LogP contribution is 2.72. The Bertz CT molecular complexity index is 286. The zero-order valence-corrected chi connectivity index (χ0v) is 9.17. The fourth-order valence-corrected chi connectivity index (χ4v) is 3.13. The molecule has 0 heterocycles. The van der Waals surface area contributed by atoms with Crippen LogP contribution in [0, 0.1) is 10.8 Å². The molecule has 0 radical (unpaired) electrons. The van der Waals surface area contributed by atoms with Crippen molar-refractivity contribution >= 4 is 11.9 Å². The van der Waals surface area contributed by atoms with Crippen molar-refractivity contribution in [2.45, 2.75) is 32.1 Å². The van der Waals surface area contributed by atoms with E-state index in [0.717, 1.165) is 25.7 Å². The number of ether oxygens (including phenoxy) is 2. The van der Waals surface area contributed by atoms with Gasteiger partial charge in [0.2, 0.25) is 0 Å². The molecule has 0 aromatic heterocycles. The third kappa shape index (κ3) is 1.13. The normalized spacial score (nSPS) is 24.9. The maximum Gasteiger partial charge on any atom is 0.323 e. The molecule has 4 nitrogen and oxygen atoms in total. The van der Waals surface area contributed by atoms with Gasteiger partial charge in [-0.15, -0.1) is 0 Å². The number of rotatable bonds is 2. The number of hydrogen-bond donors (Lipinski definition) is 0. The first-order chi connectivity index (χ1) is 7.13. The summed E-state index contributed by atoms with van der Waals surface area (Å²) in [6.07, 6.45) is 4.68. The van der Waals surface area contributed by atoms with E-state index in [9.17, 15) is 9.59 Å². The van der Waals surface area contributed by atoms with E-state index in [1.54, 1.807) is 0 Å². The van der Waals surface area contributed by atoms with Gasteiger partial charge in [0, 0.05) is 0 Å². The highest BCUT2D eigenvalue weighted by Gasteiger charge is 2.78. The molecular formula is C11H16O4. The van der Waals surface area contributed by atoms with Gasteiger partial charge in [-0.2, -0.15) is 0 Å². The van der Waals surface area contributed by atoms with Gasteiger partial charge in [-0.1, -0.05) is 12.8 Å². The fraction of sp³-hybridized carbons (Fsp3) is 0.818. The molecule has 15 heavy (non-hydrogen) atoms. The van der Waals surface area contributed by atoms with Crippen molar-refractivity contribution in [3.8, 4) is 0 Å². The van der Waals surface area contributed by atoms with E-state index >= 15 is 0 Å². The lowest BCUT2D eigenvalue weighted by Crippen LogP contribution is -2.33. The lowest BCUT2D eigenvalue weighted by Gasteiger charge is -2.17. The topological polar surface area (TPSA) is 52.6 Å². The van der Waals surface area contributed by atoms with Gasteiger partial charge in [-0.05, 0) is 24.7 Å². The molecule has 2 aliphatic rings. The Kier molecular flexibility index (Phi) is 2.24. The Balaban J connectivity index is 2.28. The number of carbonyl (C=O) groups is 2. The van der Waals surface area contributed by atoms with Crippen LogP contribution in [0.3, 0.4) is 0 Å². The maximum absolute atomic E-state index is 11.7. The van der Waals surface area contributed by atoms with E-state index in [0.29, 0.717) is 6.42 Å². The molecule has 0 amide bonds. The second-order valence-corrected chi connectivity index (χ2v) is 4.55. The van der Waals surface area contributed by atoms with Gasteiger partial charge in [0.05, 0.1) is 14.2 Å². The molecule has 0 atom stereocenters. The third-order valence-electron chi connectivity index (χ3n) is 4.01. The second kappa shape index (κ2) is 3.22. The molecule has 2 saturated carbocycles. The van der Waals surface area contributed by atoms with Crippen LogP contribution in [0.25, 0.3) is 0 Å². The average Bonchev–Trinajstić information content (AvgIpc) is 2.65. The minimum absolute atomic E-state index is 0.146. The second-order valence-electron chi connectivity index (χ2n) is 4.55. The summed E-state index contributed by atoms with van der Waals surface area (Å²) in [5.41, 5.74) is -1.12. The van der Waals surface area contributed by atoms with E-state index < -0.39 is 17.4 Å². The summed E-state index contributed by atoms with van der Waals surface area (Å²) in [4.78, 5) is 23.5. The molecule has 0 aromatic rings. The first-order valence-electron chi connectivity index (χ1n) is 5.30. The Labute approximate surface area is 88.9 Å². The van der Waals surface area contributed by atoms with Crippen molar-refractivity contribution < 1.29 is 19.1 Å². The number of hydrogen-bond acceptors (Lipinski definition) is 4. The van der Waals surface area contributed by atoms with E-state index in [1.807, 2.05) is 0 Å². The summed E-state index contributed by atoms with van der Waals surface area (Å²) in [6.45, 7) is 0. The highest BCUT2D eigenvalue weighted by molar-refractivity contribution is 6.05.